The van der Waals surface area contributed by atoms with E-state index in [1.54, 1.807) is 0 Å². The van der Waals surface area contributed by atoms with Crippen molar-refractivity contribution in [1.82, 2.24) is 10.6 Å². The number of piperazine rings is 1. The van der Waals surface area contributed by atoms with Gasteiger partial charge in [0.1, 0.15) is 0 Å². The van der Waals surface area contributed by atoms with Crippen molar-refractivity contribution in [2.45, 2.75) is 39.8 Å². The highest BCUT2D eigenvalue weighted by Crippen LogP contribution is 2.10. The lowest BCUT2D eigenvalue weighted by molar-refractivity contribution is 0.247. The fourth-order valence-electron chi connectivity index (χ4n) is 1.64. The maximum Gasteiger partial charge on any atom is 0.0218 e. The van der Waals surface area contributed by atoms with E-state index < -0.39 is 0 Å². The Hall–Kier alpha value is -0.0800. The zero-order chi connectivity index (χ0) is 9.14. The van der Waals surface area contributed by atoms with Crippen molar-refractivity contribution < 1.29 is 0 Å². The van der Waals surface area contributed by atoms with Gasteiger partial charge in [0.15, 0.2) is 0 Å². The van der Waals surface area contributed by atoms with Crippen LogP contribution < -0.4 is 10.6 Å². The van der Waals surface area contributed by atoms with Gasteiger partial charge in [0.2, 0.25) is 0 Å². The lowest BCUT2D eigenvalue weighted by Crippen LogP contribution is -2.58. The summed E-state index contributed by atoms with van der Waals surface area (Å²) in [7, 11) is 0. The van der Waals surface area contributed by atoms with Crippen molar-refractivity contribution in [2.24, 2.45) is 11.8 Å². The first-order valence-corrected chi connectivity index (χ1v) is 5.08. The zero-order valence-electron chi connectivity index (χ0n) is 8.72. The third kappa shape index (κ3) is 2.46. The normalized spacial score (nSPS) is 31.5. The zero-order valence-corrected chi connectivity index (χ0v) is 8.72. The Morgan fingerprint density at radius 3 is 1.67 bits per heavy atom. The molecule has 0 aromatic heterocycles. The molecule has 12 heavy (non-hydrogen) atoms. The molecule has 72 valence electrons. The van der Waals surface area contributed by atoms with Crippen LogP contribution in [0.4, 0.5) is 0 Å². The van der Waals surface area contributed by atoms with E-state index in [1.165, 1.54) is 0 Å². The van der Waals surface area contributed by atoms with Crippen LogP contribution in [0.3, 0.4) is 0 Å². The molecule has 1 heterocycles. The minimum Gasteiger partial charge on any atom is -0.314 e. The first-order valence-electron chi connectivity index (χ1n) is 5.08. The third-order valence-electron chi connectivity index (χ3n) is 2.77. The molecule has 1 aliphatic heterocycles. The Morgan fingerprint density at radius 1 is 0.917 bits per heavy atom. The molecule has 1 saturated heterocycles. The number of hydrogen-bond acceptors (Lipinski definition) is 2. The maximum absolute atomic E-state index is 3.69. The summed E-state index contributed by atoms with van der Waals surface area (Å²) in [5.74, 6) is 1.47. The van der Waals surface area contributed by atoms with Crippen LogP contribution in [-0.2, 0) is 0 Å². The molecule has 0 saturated carbocycles. The summed E-state index contributed by atoms with van der Waals surface area (Å²) in [6, 6.07) is 1.32. The van der Waals surface area contributed by atoms with E-state index >= 15 is 0 Å². The lowest BCUT2D eigenvalue weighted by Gasteiger charge is -2.36. The molecule has 0 unspecified atom stereocenters. The highest BCUT2D eigenvalue weighted by atomic mass is 15.1. The molecular formula is C10H22N2. The average Bonchev–Trinajstić information content (AvgIpc) is 2.04. The van der Waals surface area contributed by atoms with Gasteiger partial charge in [-0.2, -0.15) is 0 Å². The molecular weight excluding hydrogens is 148 g/mol. The summed E-state index contributed by atoms with van der Waals surface area (Å²) in [6.07, 6.45) is 0. The van der Waals surface area contributed by atoms with Gasteiger partial charge in [-0.25, -0.2) is 0 Å². The van der Waals surface area contributed by atoms with Crippen LogP contribution in [0.25, 0.3) is 0 Å². The number of rotatable bonds is 2. The van der Waals surface area contributed by atoms with Crippen molar-refractivity contribution in [3.8, 4) is 0 Å². The fraction of sp³-hybridized carbons (Fsp3) is 1.00. The molecule has 0 amide bonds. The molecule has 1 aliphatic rings. The Labute approximate surface area is 76.1 Å². The maximum atomic E-state index is 3.69. The second kappa shape index (κ2) is 4.24. The fourth-order valence-corrected chi connectivity index (χ4v) is 1.64. The minimum atomic E-state index is 0.658. The van der Waals surface area contributed by atoms with Gasteiger partial charge >= 0.3 is 0 Å². The van der Waals surface area contributed by atoms with E-state index in [9.17, 15) is 0 Å². The Balaban J connectivity index is 2.40. The molecule has 0 bridgehead atoms. The molecule has 0 radical (unpaired) electrons. The van der Waals surface area contributed by atoms with Crippen LogP contribution in [0.1, 0.15) is 27.7 Å². The van der Waals surface area contributed by atoms with Crippen LogP contribution in [0.2, 0.25) is 0 Å². The second-order valence-corrected chi connectivity index (χ2v) is 4.53. The van der Waals surface area contributed by atoms with E-state index in [-0.39, 0.29) is 0 Å². The highest BCUT2D eigenvalue weighted by molar-refractivity contribution is 4.86. The molecule has 1 rings (SSSR count). The molecule has 0 aromatic carbocycles. The van der Waals surface area contributed by atoms with Crippen LogP contribution in [0, 0.1) is 11.8 Å². The molecule has 0 aliphatic carbocycles. The molecule has 2 nitrogen and oxygen atoms in total. The summed E-state index contributed by atoms with van der Waals surface area (Å²) in [4.78, 5) is 0. The van der Waals surface area contributed by atoms with Gasteiger partial charge in [-0.1, -0.05) is 27.7 Å². The summed E-state index contributed by atoms with van der Waals surface area (Å²) in [5, 5.41) is 7.17. The monoisotopic (exact) mass is 170 g/mol. The first kappa shape index (κ1) is 10.0. The van der Waals surface area contributed by atoms with Crippen molar-refractivity contribution in [2.75, 3.05) is 13.1 Å². The number of hydrogen-bond donors (Lipinski definition) is 2. The van der Waals surface area contributed by atoms with Gasteiger partial charge < -0.3 is 10.6 Å². The Kier molecular flexibility index (Phi) is 3.53. The molecule has 2 heteroatoms. The van der Waals surface area contributed by atoms with Crippen LogP contribution in [0.5, 0.6) is 0 Å². The molecule has 0 spiro atoms. The topological polar surface area (TPSA) is 24.1 Å². The van der Waals surface area contributed by atoms with Crippen LogP contribution >= 0.6 is 0 Å². The summed E-state index contributed by atoms with van der Waals surface area (Å²) in [5.41, 5.74) is 0. The smallest absolute Gasteiger partial charge is 0.0218 e. The minimum absolute atomic E-state index is 0.658. The quantitative estimate of drug-likeness (QED) is 0.651. The van der Waals surface area contributed by atoms with Gasteiger partial charge in [-0.3, -0.25) is 0 Å². The van der Waals surface area contributed by atoms with Crippen molar-refractivity contribution in [3.63, 3.8) is 0 Å². The largest absolute Gasteiger partial charge is 0.314 e. The molecule has 2 N–H and O–H groups in total. The lowest BCUT2D eigenvalue weighted by atomic mass is 9.96. The molecule has 0 aromatic rings. The summed E-state index contributed by atoms with van der Waals surface area (Å²) >= 11 is 0. The molecule has 2 atom stereocenters. The first-order chi connectivity index (χ1) is 5.61. The van der Waals surface area contributed by atoms with E-state index in [1.807, 2.05) is 0 Å². The van der Waals surface area contributed by atoms with E-state index in [4.69, 9.17) is 0 Å². The predicted molar refractivity (Wildman–Crippen MR) is 53.3 cm³/mol. The summed E-state index contributed by atoms with van der Waals surface area (Å²) < 4.78 is 0. The van der Waals surface area contributed by atoms with Gasteiger partial charge in [-0.15, -0.1) is 0 Å². The van der Waals surface area contributed by atoms with Gasteiger partial charge in [-0.05, 0) is 11.8 Å². The highest BCUT2D eigenvalue weighted by Gasteiger charge is 2.24. The van der Waals surface area contributed by atoms with Crippen molar-refractivity contribution >= 4 is 0 Å². The average molecular weight is 170 g/mol. The standard InChI is InChI=1S/C10H22N2/c1-7(2)9-5-11-6-10(12-9)8(3)4/h7-12H,5-6H2,1-4H3/t9-,10+. The van der Waals surface area contributed by atoms with Crippen molar-refractivity contribution in [3.05, 3.63) is 0 Å². The van der Waals surface area contributed by atoms with Gasteiger partial charge in [0.25, 0.3) is 0 Å². The van der Waals surface area contributed by atoms with Gasteiger partial charge in [0.05, 0.1) is 0 Å². The van der Waals surface area contributed by atoms with E-state index in [2.05, 4.69) is 38.3 Å². The van der Waals surface area contributed by atoms with Crippen LogP contribution in [0.15, 0.2) is 0 Å². The predicted octanol–water partition coefficient (Wildman–Crippen LogP) is 1.23. The van der Waals surface area contributed by atoms with E-state index in [0.29, 0.717) is 12.1 Å². The number of nitrogens with one attached hydrogen (secondary N) is 2. The van der Waals surface area contributed by atoms with Crippen molar-refractivity contribution in [1.29, 1.82) is 0 Å². The summed E-state index contributed by atoms with van der Waals surface area (Å²) in [6.45, 7) is 11.4. The van der Waals surface area contributed by atoms with E-state index in [0.717, 1.165) is 24.9 Å². The second-order valence-electron chi connectivity index (χ2n) is 4.53. The SMILES string of the molecule is CC(C)[C@@H]1CNC[C@H](C(C)C)N1. The Morgan fingerprint density at radius 2 is 1.33 bits per heavy atom. The van der Waals surface area contributed by atoms with Crippen LogP contribution in [-0.4, -0.2) is 25.2 Å². The Bertz CT molecular complexity index is 118. The van der Waals surface area contributed by atoms with Gasteiger partial charge in [0, 0.05) is 25.2 Å². The molecule has 1 fully saturated rings. The third-order valence-corrected chi connectivity index (χ3v) is 2.77.